The molecule has 1 aromatic carbocycles. The first-order valence-corrected chi connectivity index (χ1v) is 5.86. The van der Waals surface area contributed by atoms with E-state index in [1.807, 2.05) is 0 Å². The van der Waals surface area contributed by atoms with E-state index >= 15 is 0 Å². The average molecular weight is 295 g/mol. The van der Waals surface area contributed by atoms with E-state index < -0.39 is 0 Å². The minimum Gasteiger partial charge on any atom is -0.350 e. The summed E-state index contributed by atoms with van der Waals surface area (Å²) in [6.45, 7) is 2.29. The fraction of sp³-hybridized carbons (Fsp3) is 0.417. The third-order valence-electron chi connectivity index (χ3n) is 2.41. The van der Waals surface area contributed by atoms with Gasteiger partial charge in [0.05, 0.1) is 6.04 Å². The SMILES string of the molecule is CC(NC(=O)CCCN)c1ccc(F)cc1Cl.Cl. The second-order valence-electron chi connectivity index (χ2n) is 3.85. The van der Waals surface area contributed by atoms with E-state index in [0.717, 1.165) is 0 Å². The van der Waals surface area contributed by atoms with Crippen molar-refractivity contribution in [3.63, 3.8) is 0 Å². The second-order valence-corrected chi connectivity index (χ2v) is 4.25. The van der Waals surface area contributed by atoms with E-state index in [0.29, 0.717) is 30.0 Å². The maximum absolute atomic E-state index is 12.9. The number of carbonyl (C=O) groups excluding carboxylic acids is 1. The van der Waals surface area contributed by atoms with Gasteiger partial charge in [0, 0.05) is 11.4 Å². The molecule has 1 rings (SSSR count). The molecule has 0 radical (unpaired) electrons. The molecule has 3 nitrogen and oxygen atoms in total. The first-order chi connectivity index (χ1) is 8.04. The van der Waals surface area contributed by atoms with Gasteiger partial charge in [0.15, 0.2) is 0 Å². The van der Waals surface area contributed by atoms with E-state index in [-0.39, 0.29) is 30.2 Å². The lowest BCUT2D eigenvalue weighted by molar-refractivity contribution is -0.121. The van der Waals surface area contributed by atoms with Gasteiger partial charge in [-0.1, -0.05) is 17.7 Å². The summed E-state index contributed by atoms with van der Waals surface area (Å²) in [5.41, 5.74) is 6.02. The first-order valence-electron chi connectivity index (χ1n) is 5.49. The van der Waals surface area contributed by atoms with Crippen molar-refractivity contribution >= 4 is 29.9 Å². The summed E-state index contributed by atoms with van der Waals surface area (Å²) < 4.78 is 12.9. The Morgan fingerprint density at radius 1 is 1.56 bits per heavy atom. The van der Waals surface area contributed by atoms with E-state index in [1.54, 1.807) is 13.0 Å². The van der Waals surface area contributed by atoms with Crippen molar-refractivity contribution in [2.75, 3.05) is 6.54 Å². The number of benzene rings is 1. The van der Waals surface area contributed by atoms with Crippen molar-refractivity contribution in [1.82, 2.24) is 5.32 Å². The van der Waals surface area contributed by atoms with Gasteiger partial charge in [-0.2, -0.15) is 0 Å². The Balaban J connectivity index is 0.00000289. The molecule has 3 N–H and O–H groups in total. The molecule has 0 aliphatic carbocycles. The van der Waals surface area contributed by atoms with Crippen LogP contribution in [0.2, 0.25) is 5.02 Å². The molecular weight excluding hydrogens is 278 g/mol. The summed E-state index contributed by atoms with van der Waals surface area (Å²) in [6, 6.07) is 3.89. The number of hydrogen-bond donors (Lipinski definition) is 2. The molecule has 0 fully saturated rings. The topological polar surface area (TPSA) is 55.1 Å². The molecule has 0 spiro atoms. The van der Waals surface area contributed by atoms with Gasteiger partial charge >= 0.3 is 0 Å². The van der Waals surface area contributed by atoms with Crippen LogP contribution in [0.5, 0.6) is 0 Å². The van der Waals surface area contributed by atoms with Crippen LogP contribution in [0.15, 0.2) is 18.2 Å². The van der Waals surface area contributed by atoms with E-state index in [1.165, 1.54) is 12.1 Å². The van der Waals surface area contributed by atoms with Gasteiger partial charge in [-0.3, -0.25) is 4.79 Å². The zero-order chi connectivity index (χ0) is 12.8. The average Bonchev–Trinajstić information content (AvgIpc) is 2.26. The number of hydrogen-bond acceptors (Lipinski definition) is 2. The number of halogens is 3. The third-order valence-corrected chi connectivity index (χ3v) is 2.74. The minimum absolute atomic E-state index is 0. The smallest absolute Gasteiger partial charge is 0.220 e. The molecule has 1 unspecified atom stereocenters. The second kappa shape index (κ2) is 8.29. The highest BCUT2D eigenvalue weighted by Gasteiger charge is 2.12. The molecule has 0 aliphatic heterocycles. The standard InChI is InChI=1S/C12H16ClFN2O.ClH/c1-8(16-12(17)3-2-6-15)10-5-4-9(14)7-11(10)13;/h4-5,7-8H,2-3,6,15H2,1H3,(H,16,17);1H. The normalized spacial score (nSPS) is 11.6. The number of carbonyl (C=O) groups is 1. The van der Waals surface area contributed by atoms with Crippen LogP contribution in [0.4, 0.5) is 4.39 Å². The van der Waals surface area contributed by atoms with E-state index in [4.69, 9.17) is 17.3 Å². The highest BCUT2D eigenvalue weighted by atomic mass is 35.5. The van der Waals surface area contributed by atoms with Crippen LogP contribution in [0.25, 0.3) is 0 Å². The van der Waals surface area contributed by atoms with Crippen LogP contribution in [0.1, 0.15) is 31.4 Å². The summed E-state index contributed by atoms with van der Waals surface area (Å²) in [4.78, 5) is 11.5. The van der Waals surface area contributed by atoms with Crippen LogP contribution >= 0.6 is 24.0 Å². The van der Waals surface area contributed by atoms with Crippen molar-refractivity contribution in [3.8, 4) is 0 Å². The molecule has 102 valence electrons. The Morgan fingerprint density at radius 2 is 2.22 bits per heavy atom. The monoisotopic (exact) mass is 294 g/mol. The Hall–Kier alpha value is -0.840. The quantitative estimate of drug-likeness (QED) is 0.877. The minimum atomic E-state index is -0.389. The molecule has 1 atom stereocenters. The zero-order valence-corrected chi connectivity index (χ0v) is 11.7. The summed E-state index contributed by atoms with van der Waals surface area (Å²) in [5.74, 6) is -0.469. The lowest BCUT2D eigenvalue weighted by Gasteiger charge is -2.15. The van der Waals surface area contributed by atoms with Gasteiger partial charge in [0.2, 0.25) is 5.91 Å². The molecule has 0 aliphatic rings. The fourth-order valence-corrected chi connectivity index (χ4v) is 1.84. The number of amides is 1. The number of nitrogens with two attached hydrogens (primary N) is 1. The van der Waals surface area contributed by atoms with Gasteiger partial charge < -0.3 is 11.1 Å². The molecule has 0 bridgehead atoms. The van der Waals surface area contributed by atoms with Crippen molar-refractivity contribution in [2.24, 2.45) is 5.73 Å². The Morgan fingerprint density at radius 3 is 2.78 bits per heavy atom. The van der Waals surface area contributed by atoms with Crippen molar-refractivity contribution in [2.45, 2.75) is 25.8 Å². The van der Waals surface area contributed by atoms with Crippen LogP contribution in [-0.4, -0.2) is 12.5 Å². The molecule has 0 saturated heterocycles. The molecular formula is C12H17Cl2FN2O. The van der Waals surface area contributed by atoms with Crippen LogP contribution in [-0.2, 0) is 4.79 Å². The maximum atomic E-state index is 12.9. The highest BCUT2D eigenvalue weighted by Crippen LogP contribution is 2.23. The molecule has 1 aromatic rings. The Bertz CT molecular complexity index is 402. The predicted octanol–water partition coefficient (Wildman–Crippen LogP) is 2.82. The Labute approximate surface area is 117 Å². The van der Waals surface area contributed by atoms with Crippen LogP contribution < -0.4 is 11.1 Å². The summed E-state index contributed by atoms with van der Waals surface area (Å²) in [5, 5.41) is 3.11. The van der Waals surface area contributed by atoms with Crippen molar-refractivity contribution in [3.05, 3.63) is 34.6 Å². The molecule has 6 heteroatoms. The van der Waals surface area contributed by atoms with Crippen LogP contribution in [0, 0.1) is 5.82 Å². The molecule has 18 heavy (non-hydrogen) atoms. The lowest BCUT2D eigenvalue weighted by atomic mass is 10.1. The van der Waals surface area contributed by atoms with E-state index in [2.05, 4.69) is 5.32 Å². The van der Waals surface area contributed by atoms with Gasteiger partial charge in [0.1, 0.15) is 5.82 Å². The van der Waals surface area contributed by atoms with Gasteiger partial charge in [0.25, 0.3) is 0 Å². The van der Waals surface area contributed by atoms with Crippen LogP contribution in [0.3, 0.4) is 0 Å². The molecule has 1 amide bonds. The lowest BCUT2D eigenvalue weighted by Crippen LogP contribution is -2.27. The molecule has 0 heterocycles. The summed E-state index contributed by atoms with van der Waals surface area (Å²) in [7, 11) is 0. The fourth-order valence-electron chi connectivity index (χ4n) is 1.51. The van der Waals surface area contributed by atoms with Gasteiger partial charge in [-0.15, -0.1) is 12.4 Å². The summed E-state index contributed by atoms with van der Waals surface area (Å²) in [6.07, 6.45) is 1.04. The third kappa shape index (κ3) is 5.21. The van der Waals surface area contributed by atoms with Gasteiger partial charge in [-0.05, 0) is 37.6 Å². The van der Waals surface area contributed by atoms with E-state index in [9.17, 15) is 9.18 Å². The molecule has 0 saturated carbocycles. The number of rotatable bonds is 5. The number of nitrogens with one attached hydrogen (secondary N) is 1. The first kappa shape index (κ1) is 17.2. The zero-order valence-electron chi connectivity index (χ0n) is 10.1. The Kier molecular flexibility index (Phi) is 7.91. The van der Waals surface area contributed by atoms with Crippen molar-refractivity contribution in [1.29, 1.82) is 0 Å². The van der Waals surface area contributed by atoms with Gasteiger partial charge in [-0.25, -0.2) is 4.39 Å². The maximum Gasteiger partial charge on any atom is 0.220 e. The van der Waals surface area contributed by atoms with Crippen molar-refractivity contribution < 1.29 is 9.18 Å². The molecule has 0 aromatic heterocycles. The largest absolute Gasteiger partial charge is 0.350 e. The summed E-state index contributed by atoms with van der Waals surface area (Å²) >= 11 is 5.90. The predicted molar refractivity (Wildman–Crippen MR) is 73.5 cm³/mol. The highest BCUT2D eigenvalue weighted by molar-refractivity contribution is 6.31.